The Hall–Kier alpha value is -2.67. The summed E-state index contributed by atoms with van der Waals surface area (Å²) in [5, 5.41) is 0.454. The quantitative estimate of drug-likeness (QED) is 0.538. The van der Waals surface area contributed by atoms with Gasteiger partial charge in [-0.3, -0.25) is 4.79 Å². The zero-order valence-corrected chi connectivity index (χ0v) is 12.7. The molecule has 4 rings (SSSR count). The molecule has 8 heteroatoms. The summed E-state index contributed by atoms with van der Waals surface area (Å²) >= 11 is 5.81. The van der Waals surface area contributed by atoms with Crippen molar-refractivity contribution >= 4 is 22.9 Å². The van der Waals surface area contributed by atoms with Gasteiger partial charge >= 0.3 is 0 Å². The molecular weight excluding hydrogens is 304 g/mol. The Labute approximate surface area is 130 Å². The van der Waals surface area contributed by atoms with Crippen LogP contribution in [-0.4, -0.2) is 28.7 Å². The van der Waals surface area contributed by atoms with Gasteiger partial charge in [-0.05, 0) is 13.8 Å². The molecule has 0 bridgehead atoms. The van der Waals surface area contributed by atoms with Crippen LogP contribution in [0.4, 0.5) is 0 Å². The molecule has 0 radical (unpaired) electrons. The minimum absolute atomic E-state index is 0.144. The molecule has 1 N–H and O–H groups in total. The van der Waals surface area contributed by atoms with Crippen molar-refractivity contribution in [2.24, 2.45) is 0 Å². The van der Waals surface area contributed by atoms with Crippen molar-refractivity contribution in [3.8, 4) is 0 Å². The molecule has 0 aliphatic carbocycles. The summed E-state index contributed by atoms with van der Waals surface area (Å²) < 4.78 is 3.55. The smallest absolute Gasteiger partial charge is 0.291 e. The van der Waals surface area contributed by atoms with E-state index in [0.717, 1.165) is 11.4 Å². The third-order valence-electron chi connectivity index (χ3n) is 2.97. The Kier molecular flexibility index (Phi) is 3.64. The molecule has 0 spiro atoms. The molecule has 0 aliphatic rings. The van der Waals surface area contributed by atoms with Crippen molar-refractivity contribution in [3.63, 3.8) is 0 Å². The number of hydrogen-bond donors (Lipinski definition) is 1. The number of rotatable bonds is 0. The Morgan fingerprint density at radius 2 is 1.68 bits per heavy atom. The normalized spacial score (nSPS) is 10.7. The maximum atomic E-state index is 11.1. The third kappa shape index (κ3) is 2.71. The molecule has 0 aromatic carbocycles. The van der Waals surface area contributed by atoms with E-state index in [1.54, 1.807) is 23.0 Å². The SMILES string of the molecule is Cc1cn2ccnc2c(=O)[nH]1.Cc1cn2ccnc2c(Cl)n1. The molecule has 0 saturated carbocycles. The average Bonchev–Trinajstić information content (AvgIpc) is 3.07. The maximum Gasteiger partial charge on any atom is 0.291 e. The van der Waals surface area contributed by atoms with Crippen LogP contribution in [0.5, 0.6) is 0 Å². The van der Waals surface area contributed by atoms with Gasteiger partial charge in [0.15, 0.2) is 10.8 Å². The van der Waals surface area contributed by atoms with Crippen LogP contribution in [0.1, 0.15) is 11.4 Å². The second kappa shape index (κ2) is 5.61. The Morgan fingerprint density at radius 1 is 1.05 bits per heavy atom. The zero-order valence-electron chi connectivity index (χ0n) is 12.0. The Balaban J connectivity index is 0.000000131. The highest BCUT2D eigenvalue weighted by Gasteiger charge is 2.01. The number of nitrogens with one attached hydrogen (secondary N) is 1. The van der Waals surface area contributed by atoms with Gasteiger partial charge in [0.1, 0.15) is 0 Å². The summed E-state index contributed by atoms with van der Waals surface area (Å²) in [6.07, 6.45) is 10.6. The van der Waals surface area contributed by atoms with E-state index in [1.165, 1.54) is 0 Å². The molecule has 4 aromatic rings. The monoisotopic (exact) mass is 316 g/mol. The molecule has 0 amide bonds. The second-order valence-corrected chi connectivity index (χ2v) is 5.11. The van der Waals surface area contributed by atoms with Gasteiger partial charge in [0.05, 0.1) is 5.69 Å². The molecule has 0 fully saturated rings. The molecule has 22 heavy (non-hydrogen) atoms. The highest BCUT2D eigenvalue weighted by atomic mass is 35.5. The van der Waals surface area contributed by atoms with E-state index in [1.807, 2.05) is 36.8 Å². The van der Waals surface area contributed by atoms with Crippen molar-refractivity contribution in [2.45, 2.75) is 13.8 Å². The van der Waals surface area contributed by atoms with Gasteiger partial charge < -0.3 is 13.8 Å². The van der Waals surface area contributed by atoms with Crippen LogP contribution in [0, 0.1) is 13.8 Å². The fourth-order valence-corrected chi connectivity index (χ4v) is 2.36. The second-order valence-electron chi connectivity index (χ2n) is 4.76. The number of aryl methyl sites for hydroxylation is 2. The van der Waals surface area contributed by atoms with E-state index in [4.69, 9.17) is 11.6 Å². The number of aromatic nitrogens is 6. The summed E-state index contributed by atoms with van der Waals surface area (Å²) in [5.74, 6) is 0. The van der Waals surface area contributed by atoms with E-state index in [9.17, 15) is 4.79 Å². The number of imidazole rings is 2. The van der Waals surface area contributed by atoms with Crippen molar-refractivity contribution in [3.05, 3.63) is 64.1 Å². The van der Waals surface area contributed by atoms with Crippen LogP contribution in [0.2, 0.25) is 5.15 Å². The maximum absolute atomic E-state index is 11.1. The minimum atomic E-state index is -0.144. The first kappa shape index (κ1) is 14.3. The summed E-state index contributed by atoms with van der Waals surface area (Å²) in [6, 6.07) is 0. The van der Waals surface area contributed by atoms with Gasteiger partial charge in [-0.15, -0.1) is 0 Å². The first-order chi connectivity index (χ1) is 10.5. The summed E-state index contributed by atoms with van der Waals surface area (Å²) in [5.41, 5.74) is 2.73. The summed E-state index contributed by atoms with van der Waals surface area (Å²) in [7, 11) is 0. The van der Waals surface area contributed by atoms with Crippen molar-refractivity contribution < 1.29 is 0 Å². The van der Waals surface area contributed by atoms with Crippen LogP contribution in [0.3, 0.4) is 0 Å². The molecule has 4 heterocycles. The average molecular weight is 317 g/mol. The number of hydrogen-bond acceptors (Lipinski definition) is 4. The molecule has 0 atom stereocenters. The number of fused-ring (bicyclic) bond motifs is 2. The van der Waals surface area contributed by atoms with E-state index < -0.39 is 0 Å². The Bertz CT molecular complexity index is 999. The van der Waals surface area contributed by atoms with E-state index in [-0.39, 0.29) is 5.56 Å². The first-order valence-electron chi connectivity index (χ1n) is 6.53. The highest BCUT2D eigenvalue weighted by Crippen LogP contribution is 2.12. The van der Waals surface area contributed by atoms with Crippen LogP contribution in [0.15, 0.2) is 42.0 Å². The topological polar surface area (TPSA) is 80.4 Å². The number of nitrogens with zero attached hydrogens (tertiary/aromatic N) is 5. The lowest BCUT2D eigenvalue weighted by Crippen LogP contribution is -2.10. The van der Waals surface area contributed by atoms with Crippen LogP contribution >= 0.6 is 11.6 Å². The number of H-pyrrole nitrogens is 1. The largest absolute Gasteiger partial charge is 0.322 e. The lowest BCUT2D eigenvalue weighted by Gasteiger charge is -1.96. The van der Waals surface area contributed by atoms with Gasteiger partial charge in [-0.25, -0.2) is 15.0 Å². The van der Waals surface area contributed by atoms with Gasteiger partial charge in [-0.2, -0.15) is 0 Å². The van der Waals surface area contributed by atoms with Gasteiger partial charge in [0.2, 0.25) is 5.65 Å². The number of halogens is 1. The summed E-state index contributed by atoms with van der Waals surface area (Å²) in [6.45, 7) is 3.73. The van der Waals surface area contributed by atoms with Crippen molar-refractivity contribution in [1.29, 1.82) is 0 Å². The molecule has 0 saturated heterocycles. The molecule has 4 aromatic heterocycles. The highest BCUT2D eigenvalue weighted by molar-refractivity contribution is 6.32. The predicted molar refractivity (Wildman–Crippen MR) is 83.3 cm³/mol. The molecular formula is C14H13ClN6O. The van der Waals surface area contributed by atoms with E-state index in [2.05, 4.69) is 19.9 Å². The van der Waals surface area contributed by atoms with Gasteiger partial charge in [0, 0.05) is 42.9 Å². The fraction of sp³-hybridized carbons (Fsp3) is 0.143. The van der Waals surface area contributed by atoms with Crippen LogP contribution < -0.4 is 5.56 Å². The number of aromatic amines is 1. The van der Waals surface area contributed by atoms with Crippen LogP contribution in [0.25, 0.3) is 11.3 Å². The standard InChI is InChI=1S/C7H6ClN3.C7H7N3O/c1-5-4-11-3-2-9-7(11)6(8)10-5;1-5-4-10-3-2-8-6(10)7(11)9-5/h2-4H,1H3;2-4H,1H3,(H,9,11). The third-order valence-corrected chi connectivity index (χ3v) is 3.22. The molecule has 0 aliphatic heterocycles. The fourth-order valence-electron chi connectivity index (χ4n) is 2.08. The van der Waals surface area contributed by atoms with E-state index in [0.29, 0.717) is 16.4 Å². The van der Waals surface area contributed by atoms with Crippen molar-refractivity contribution in [1.82, 2.24) is 28.7 Å². The molecule has 0 unspecified atom stereocenters. The molecule has 112 valence electrons. The minimum Gasteiger partial charge on any atom is -0.322 e. The zero-order chi connectivity index (χ0) is 15.7. The Morgan fingerprint density at radius 3 is 2.41 bits per heavy atom. The lowest BCUT2D eigenvalue weighted by molar-refractivity contribution is 1.04. The van der Waals surface area contributed by atoms with E-state index >= 15 is 0 Å². The first-order valence-corrected chi connectivity index (χ1v) is 6.91. The molecule has 7 nitrogen and oxygen atoms in total. The van der Waals surface area contributed by atoms with Crippen LogP contribution in [-0.2, 0) is 0 Å². The van der Waals surface area contributed by atoms with Crippen molar-refractivity contribution in [2.75, 3.05) is 0 Å². The van der Waals surface area contributed by atoms with Gasteiger partial charge in [-0.1, -0.05) is 11.6 Å². The van der Waals surface area contributed by atoms with Gasteiger partial charge in [0.25, 0.3) is 5.56 Å². The lowest BCUT2D eigenvalue weighted by atomic mass is 10.5. The summed E-state index contributed by atoms with van der Waals surface area (Å²) in [4.78, 5) is 25.7. The predicted octanol–water partition coefficient (Wildman–Crippen LogP) is 2.02.